The van der Waals surface area contributed by atoms with E-state index >= 15 is 0 Å². The molecule has 0 bridgehead atoms. The van der Waals surface area contributed by atoms with Gasteiger partial charge in [-0.2, -0.15) is 0 Å². The molecule has 0 aliphatic carbocycles. The highest BCUT2D eigenvalue weighted by Gasteiger charge is 2.17. The Balaban J connectivity index is 1.96. The summed E-state index contributed by atoms with van der Waals surface area (Å²) in [5.41, 5.74) is 2.24. The van der Waals surface area contributed by atoms with Gasteiger partial charge in [-0.05, 0) is 43.3 Å². The summed E-state index contributed by atoms with van der Waals surface area (Å²) in [4.78, 5) is 28.7. The van der Waals surface area contributed by atoms with E-state index in [1.165, 1.54) is 0 Å². The van der Waals surface area contributed by atoms with Crippen molar-refractivity contribution in [2.45, 2.75) is 13.0 Å². The van der Waals surface area contributed by atoms with Gasteiger partial charge in [0, 0.05) is 41.4 Å². The largest absolute Gasteiger partial charge is 0.497 e. The summed E-state index contributed by atoms with van der Waals surface area (Å²) in [6, 6.07) is 14.1. The van der Waals surface area contributed by atoms with Gasteiger partial charge in [0.15, 0.2) is 0 Å². The van der Waals surface area contributed by atoms with Gasteiger partial charge in [-0.1, -0.05) is 18.2 Å². The van der Waals surface area contributed by atoms with Crippen molar-refractivity contribution >= 4 is 28.8 Å². The second kappa shape index (κ2) is 9.76. The first-order valence-electron chi connectivity index (χ1n) is 9.55. The van der Waals surface area contributed by atoms with E-state index in [1.54, 1.807) is 50.8 Å². The van der Waals surface area contributed by atoms with Gasteiger partial charge in [0.2, 0.25) is 0 Å². The Kier molecular flexibility index (Phi) is 6.87. The Morgan fingerprint density at radius 2 is 1.90 bits per heavy atom. The molecule has 1 atom stereocenters. The Morgan fingerprint density at radius 1 is 1.13 bits per heavy atom. The van der Waals surface area contributed by atoms with Crippen molar-refractivity contribution in [3.05, 3.63) is 71.6 Å². The lowest BCUT2D eigenvalue weighted by atomic mass is 10.1. The highest BCUT2D eigenvalue weighted by atomic mass is 16.5. The molecule has 1 heterocycles. The number of nitrogens with one attached hydrogen (secondary N) is 3. The maximum absolute atomic E-state index is 12.9. The van der Waals surface area contributed by atoms with Crippen LogP contribution in [0.25, 0.3) is 17.0 Å². The molecule has 2 amide bonds. The predicted molar refractivity (Wildman–Crippen MR) is 116 cm³/mol. The van der Waals surface area contributed by atoms with Crippen LogP contribution in [-0.4, -0.2) is 43.7 Å². The monoisotopic (exact) mass is 407 g/mol. The number of H-pyrrole nitrogens is 1. The molecule has 2 aromatic carbocycles. The van der Waals surface area contributed by atoms with Gasteiger partial charge >= 0.3 is 0 Å². The average Bonchev–Trinajstić information content (AvgIpc) is 3.15. The van der Waals surface area contributed by atoms with Crippen LogP contribution < -0.4 is 15.4 Å². The van der Waals surface area contributed by atoms with Crippen molar-refractivity contribution < 1.29 is 19.1 Å². The van der Waals surface area contributed by atoms with Crippen LogP contribution >= 0.6 is 0 Å². The number of fused-ring (bicyclic) bond motifs is 1. The maximum atomic E-state index is 12.9. The summed E-state index contributed by atoms with van der Waals surface area (Å²) in [5.74, 6) is -0.0697. The van der Waals surface area contributed by atoms with E-state index in [2.05, 4.69) is 15.6 Å². The van der Waals surface area contributed by atoms with E-state index in [4.69, 9.17) is 9.47 Å². The lowest BCUT2D eigenvalue weighted by Gasteiger charge is -2.15. The van der Waals surface area contributed by atoms with Crippen LogP contribution in [0.2, 0.25) is 0 Å². The van der Waals surface area contributed by atoms with Gasteiger partial charge in [0.25, 0.3) is 11.8 Å². The standard InChI is InChI=1S/C23H25N3O4/c1-15(14-29-2)25-23(28)21(26-22(27)16-7-5-4-6-8-16)11-17-13-24-20-10-9-18(30-3)12-19(17)20/h4-13,15,24H,14H2,1-3H3,(H,25,28)(H,26,27)/b21-11-/t15-/m0/s1. The lowest BCUT2D eigenvalue weighted by molar-refractivity contribution is -0.118. The molecule has 0 saturated heterocycles. The molecule has 0 radical (unpaired) electrons. The second-order valence-electron chi connectivity index (χ2n) is 6.86. The molecule has 30 heavy (non-hydrogen) atoms. The first-order chi connectivity index (χ1) is 14.5. The smallest absolute Gasteiger partial charge is 0.268 e. The topological polar surface area (TPSA) is 92.4 Å². The molecule has 0 fully saturated rings. The molecule has 0 aliphatic rings. The minimum Gasteiger partial charge on any atom is -0.497 e. The molecule has 156 valence electrons. The zero-order chi connectivity index (χ0) is 21.5. The first kappa shape index (κ1) is 21.1. The third kappa shape index (κ3) is 5.07. The third-order valence-corrected chi connectivity index (χ3v) is 4.54. The fourth-order valence-corrected chi connectivity index (χ4v) is 3.06. The van der Waals surface area contributed by atoms with Gasteiger partial charge in [-0.15, -0.1) is 0 Å². The Labute approximate surface area is 175 Å². The van der Waals surface area contributed by atoms with Gasteiger partial charge in [-0.3, -0.25) is 9.59 Å². The van der Waals surface area contributed by atoms with E-state index < -0.39 is 5.91 Å². The SMILES string of the molecule is COC[C@H](C)NC(=O)/C(=C/c1c[nH]c2ccc(OC)cc12)NC(=O)c1ccccc1. The minimum atomic E-state index is -0.402. The fourth-order valence-electron chi connectivity index (χ4n) is 3.06. The number of aromatic amines is 1. The zero-order valence-electron chi connectivity index (χ0n) is 17.2. The number of amides is 2. The average molecular weight is 407 g/mol. The summed E-state index contributed by atoms with van der Waals surface area (Å²) in [5, 5.41) is 6.45. The molecule has 1 aromatic heterocycles. The number of benzene rings is 2. The van der Waals surface area contributed by atoms with Crippen molar-refractivity contribution in [2.24, 2.45) is 0 Å². The third-order valence-electron chi connectivity index (χ3n) is 4.54. The Morgan fingerprint density at radius 3 is 2.60 bits per heavy atom. The number of hydrogen-bond donors (Lipinski definition) is 3. The molecular weight excluding hydrogens is 382 g/mol. The molecular formula is C23H25N3O4. The number of aromatic nitrogens is 1. The Hall–Kier alpha value is -3.58. The molecule has 0 saturated carbocycles. The first-order valence-corrected chi connectivity index (χ1v) is 9.55. The molecule has 0 unspecified atom stereocenters. The summed E-state index contributed by atoms with van der Waals surface area (Å²) in [6.07, 6.45) is 3.43. The molecule has 7 nitrogen and oxygen atoms in total. The number of carbonyl (C=O) groups is 2. The van der Waals surface area contributed by atoms with Crippen molar-refractivity contribution in [2.75, 3.05) is 20.8 Å². The maximum Gasteiger partial charge on any atom is 0.268 e. The summed E-state index contributed by atoms with van der Waals surface area (Å²) >= 11 is 0. The molecule has 3 rings (SSSR count). The van der Waals surface area contributed by atoms with Crippen LogP contribution in [-0.2, 0) is 9.53 Å². The van der Waals surface area contributed by atoms with Gasteiger partial charge < -0.3 is 25.1 Å². The Bertz CT molecular complexity index is 1060. The van der Waals surface area contributed by atoms with Gasteiger partial charge in [-0.25, -0.2) is 0 Å². The molecule has 3 aromatic rings. The highest BCUT2D eigenvalue weighted by molar-refractivity contribution is 6.06. The number of methoxy groups -OCH3 is 2. The number of ether oxygens (including phenoxy) is 2. The van der Waals surface area contributed by atoms with Crippen LogP contribution in [0.4, 0.5) is 0 Å². The summed E-state index contributed by atoms with van der Waals surface area (Å²) in [7, 11) is 3.16. The molecule has 3 N–H and O–H groups in total. The normalized spacial score (nSPS) is 12.4. The van der Waals surface area contributed by atoms with E-state index in [9.17, 15) is 9.59 Å². The quantitative estimate of drug-likeness (QED) is 0.500. The van der Waals surface area contributed by atoms with E-state index in [0.717, 1.165) is 16.5 Å². The van der Waals surface area contributed by atoms with Crippen molar-refractivity contribution in [1.29, 1.82) is 0 Å². The molecule has 0 spiro atoms. The summed E-state index contributed by atoms with van der Waals surface area (Å²) in [6.45, 7) is 2.19. The number of rotatable bonds is 8. The predicted octanol–water partition coefficient (Wildman–Crippen LogP) is 3.10. The lowest BCUT2D eigenvalue weighted by Crippen LogP contribution is -2.41. The highest BCUT2D eigenvalue weighted by Crippen LogP contribution is 2.25. The van der Waals surface area contributed by atoms with Crippen LogP contribution in [0.5, 0.6) is 5.75 Å². The van der Waals surface area contributed by atoms with E-state index in [1.807, 2.05) is 31.2 Å². The number of hydrogen-bond acceptors (Lipinski definition) is 4. The van der Waals surface area contributed by atoms with Crippen molar-refractivity contribution in [3.8, 4) is 5.75 Å². The van der Waals surface area contributed by atoms with Gasteiger partial charge in [0.1, 0.15) is 11.4 Å². The minimum absolute atomic E-state index is 0.135. The van der Waals surface area contributed by atoms with Crippen molar-refractivity contribution in [3.63, 3.8) is 0 Å². The van der Waals surface area contributed by atoms with Crippen LogP contribution in [0.3, 0.4) is 0 Å². The molecule has 0 aliphatic heterocycles. The van der Waals surface area contributed by atoms with E-state index in [-0.39, 0.29) is 17.6 Å². The van der Waals surface area contributed by atoms with Crippen LogP contribution in [0.15, 0.2) is 60.4 Å². The van der Waals surface area contributed by atoms with Crippen molar-refractivity contribution in [1.82, 2.24) is 15.6 Å². The fraction of sp³-hybridized carbons (Fsp3) is 0.217. The van der Waals surface area contributed by atoms with Gasteiger partial charge in [0.05, 0.1) is 13.7 Å². The number of carbonyl (C=O) groups excluding carboxylic acids is 2. The van der Waals surface area contributed by atoms with E-state index in [0.29, 0.717) is 17.9 Å². The van der Waals surface area contributed by atoms with Crippen LogP contribution in [0, 0.1) is 0 Å². The summed E-state index contributed by atoms with van der Waals surface area (Å²) < 4.78 is 10.4. The second-order valence-corrected chi connectivity index (χ2v) is 6.86. The molecule has 7 heteroatoms. The zero-order valence-corrected chi connectivity index (χ0v) is 17.2. The van der Waals surface area contributed by atoms with Crippen LogP contribution in [0.1, 0.15) is 22.8 Å².